The van der Waals surface area contributed by atoms with Crippen LogP contribution in [0.3, 0.4) is 0 Å². The average Bonchev–Trinajstić information content (AvgIpc) is 2.88. The van der Waals surface area contributed by atoms with Crippen LogP contribution in [0.4, 0.5) is 9.59 Å². The highest BCUT2D eigenvalue weighted by atomic mass is 16.6. The van der Waals surface area contributed by atoms with Crippen LogP contribution >= 0.6 is 0 Å². The first kappa shape index (κ1) is 22.7. The number of fused-ring (bicyclic) bond motifs is 1. The van der Waals surface area contributed by atoms with Crippen molar-refractivity contribution >= 4 is 18.2 Å². The number of hydrogen-bond donors (Lipinski definition) is 0. The summed E-state index contributed by atoms with van der Waals surface area (Å²) in [6.45, 7) is 13.1. The first-order valence-electron chi connectivity index (χ1n) is 9.77. The standard InChI is InChI=1S/C20H31N3O6/c1-8-27-16(24)11-15-21-13-9-10-22(17(25)28-19(2,3)4)12-14(13)23(15)18(26)29-20(5,6)7/h8-12H2,1-7H3. The van der Waals surface area contributed by atoms with Crippen LogP contribution in [0.2, 0.25) is 0 Å². The summed E-state index contributed by atoms with van der Waals surface area (Å²) in [5, 5.41) is 0. The molecule has 2 heterocycles. The number of ether oxygens (including phenoxy) is 3. The zero-order chi connectivity index (χ0) is 22.0. The van der Waals surface area contributed by atoms with Crippen LogP contribution in [0.5, 0.6) is 0 Å². The lowest BCUT2D eigenvalue weighted by atomic mass is 10.1. The highest BCUT2D eigenvalue weighted by molar-refractivity contribution is 5.77. The van der Waals surface area contributed by atoms with Gasteiger partial charge in [-0.2, -0.15) is 0 Å². The topological polar surface area (TPSA) is 100.0 Å². The van der Waals surface area contributed by atoms with Gasteiger partial charge in [-0.15, -0.1) is 0 Å². The molecule has 0 fully saturated rings. The van der Waals surface area contributed by atoms with Gasteiger partial charge in [-0.25, -0.2) is 19.1 Å². The molecule has 9 heteroatoms. The minimum atomic E-state index is -0.727. The van der Waals surface area contributed by atoms with Crippen LogP contribution in [0, 0.1) is 0 Å². The van der Waals surface area contributed by atoms with E-state index in [2.05, 4.69) is 4.98 Å². The Morgan fingerprint density at radius 1 is 1.00 bits per heavy atom. The third-order valence-electron chi connectivity index (χ3n) is 3.92. The van der Waals surface area contributed by atoms with Gasteiger partial charge in [-0.05, 0) is 48.5 Å². The number of carbonyl (C=O) groups is 3. The van der Waals surface area contributed by atoms with E-state index in [1.807, 2.05) is 0 Å². The number of aromatic nitrogens is 2. The minimum Gasteiger partial charge on any atom is -0.466 e. The molecule has 29 heavy (non-hydrogen) atoms. The predicted octanol–water partition coefficient (Wildman–Crippen LogP) is 3.07. The van der Waals surface area contributed by atoms with Crippen LogP contribution in [-0.4, -0.2) is 57.0 Å². The zero-order valence-corrected chi connectivity index (χ0v) is 18.3. The summed E-state index contributed by atoms with van der Waals surface area (Å²) >= 11 is 0. The van der Waals surface area contributed by atoms with E-state index in [4.69, 9.17) is 14.2 Å². The number of amides is 1. The van der Waals surface area contributed by atoms with Gasteiger partial charge in [-0.3, -0.25) is 4.79 Å². The van der Waals surface area contributed by atoms with Crippen LogP contribution in [0.1, 0.15) is 65.7 Å². The summed E-state index contributed by atoms with van der Waals surface area (Å²) in [6.07, 6.45) is -0.823. The summed E-state index contributed by atoms with van der Waals surface area (Å²) < 4.78 is 17.2. The lowest BCUT2D eigenvalue weighted by Crippen LogP contribution is -2.41. The third kappa shape index (κ3) is 6.20. The highest BCUT2D eigenvalue weighted by Gasteiger charge is 2.33. The molecule has 0 saturated carbocycles. The molecular formula is C20H31N3O6. The average molecular weight is 409 g/mol. The smallest absolute Gasteiger partial charge is 0.420 e. The van der Waals surface area contributed by atoms with E-state index in [-0.39, 0.29) is 25.4 Å². The summed E-state index contributed by atoms with van der Waals surface area (Å²) in [4.78, 5) is 43.4. The molecule has 0 aromatic carbocycles. The zero-order valence-electron chi connectivity index (χ0n) is 18.3. The molecule has 162 valence electrons. The van der Waals surface area contributed by atoms with E-state index in [0.29, 0.717) is 24.4 Å². The second-order valence-electron chi connectivity index (χ2n) is 8.87. The Hall–Kier alpha value is -2.58. The molecule has 0 atom stereocenters. The normalized spacial score (nSPS) is 14.2. The van der Waals surface area contributed by atoms with Gasteiger partial charge in [0.15, 0.2) is 0 Å². The van der Waals surface area contributed by atoms with Crippen molar-refractivity contribution in [2.75, 3.05) is 13.2 Å². The van der Waals surface area contributed by atoms with Gasteiger partial charge in [0.05, 0.1) is 24.5 Å². The molecule has 0 bridgehead atoms. The fraction of sp³-hybridized carbons (Fsp3) is 0.700. The molecule has 0 N–H and O–H groups in total. The van der Waals surface area contributed by atoms with E-state index in [9.17, 15) is 14.4 Å². The quantitative estimate of drug-likeness (QED) is 0.559. The molecule has 1 amide bonds. The van der Waals surface area contributed by atoms with Crippen molar-refractivity contribution in [3.05, 3.63) is 17.2 Å². The Bertz CT molecular complexity index is 785. The maximum Gasteiger partial charge on any atom is 0.420 e. The predicted molar refractivity (Wildman–Crippen MR) is 105 cm³/mol. The highest BCUT2D eigenvalue weighted by Crippen LogP contribution is 2.24. The first-order chi connectivity index (χ1) is 13.3. The molecule has 0 radical (unpaired) electrons. The van der Waals surface area contributed by atoms with E-state index >= 15 is 0 Å². The molecule has 2 rings (SSSR count). The molecule has 1 aliphatic heterocycles. The fourth-order valence-electron chi connectivity index (χ4n) is 2.88. The van der Waals surface area contributed by atoms with E-state index in [1.165, 1.54) is 9.47 Å². The third-order valence-corrected chi connectivity index (χ3v) is 3.92. The summed E-state index contributed by atoms with van der Waals surface area (Å²) in [5.41, 5.74) is -0.169. The van der Waals surface area contributed by atoms with Crippen molar-refractivity contribution in [1.29, 1.82) is 0 Å². The van der Waals surface area contributed by atoms with E-state index in [1.54, 1.807) is 48.5 Å². The fourth-order valence-corrected chi connectivity index (χ4v) is 2.88. The summed E-state index contributed by atoms with van der Waals surface area (Å²) in [7, 11) is 0. The largest absolute Gasteiger partial charge is 0.466 e. The second-order valence-corrected chi connectivity index (χ2v) is 8.87. The molecular weight excluding hydrogens is 378 g/mol. The van der Waals surface area contributed by atoms with E-state index < -0.39 is 29.4 Å². The van der Waals surface area contributed by atoms with Crippen LogP contribution < -0.4 is 0 Å². The van der Waals surface area contributed by atoms with Crippen LogP contribution in [-0.2, 0) is 38.4 Å². The van der Waals surface area contributed by atoms with Gasteiger partial charge < -0.3 is 19.1 Å². The Morgan fingerprint density at radius 2 is 1.59 bits per heavy atom. The molecule has 0 unspecified atom stereocenters. The number of hydrogen-bond acceptors (Lipinski definition) is 7. The lowest BCUT2D eigenvalue weighted by molar-refractivity contribution is -0.142. The van der Waals surface area contributed by atoms with Gasteiger partial charge in [-0.1, -0.05) is 0 Å². The summed E-state index contributed by atoms with van der Waals surface area (Å²) in [6, 6.07) is 0. The second kappa shape index (κ2) is 8.42. The van der Waals surface area contributed by atoms with Gasteiger partial charge in [0.1, 0.15) is 23.4 Å². The molecule has 1 aromatic rings. The molecule has 0 saturated heterocycles. The number of rotatable bonds is 3. The van der Waals surface area contributed by atoms with Crippen molar-refractivity contribution in [2.24, 2.45) is 0 Å². The van der Waals surface area contributed by atoms with E-state index in [0.717, 1.165) is 0 Å². The van der Waals surface area contributed by atoms with Gasteiger partial charge >= 0.3 is 18.2 Å². The van der Waals surface area contributed by atoms with Crippen molar-refractivity contribution in [3.63, 3.8) is 0 Å². The minimum absolute atomic E-state index is 0.138. The first-order valence-corrected chi connectivity index (χ1v) is 9.77. The Labute approximate surface area is 171 Å². The Morgan fingerprint density at radius 3 is 2.14 bits per heavy atom. The monoisotopic (exact) mass is 409 g/mol. The number of esters is 1. The number of nitrogens with zero attached hydrogens (tertiary/aromatic N) is 3. The SMILES string of the molecule is CCOC(=O)Cc1nc2c(n1C(=O)OC(C)(C)C)CN(C(=O)OC(C)(C)C)CC2. The summed E-state index contributed by atoms with van der Waals surface area (Å²) in [5.74, 6) is -0.239. The van der Waals surface area contributed by atoms with Crippen molar-refractivity contribution in [1.82, 2.24) is 14.5 Å². The van der Waals surface area contributed by atoms with Gasteiger partial charge in [0, 0.05) is 13.0 Å². The Kier molecular flexibility index (Phi) is 6.60. The van der Waals surface area contributed by atoms with Crippen molar-refractivity contribution < 1.29 is 28.6 Å². The van der Waals surface area contributed by atoms with Gasteiger partial charge in [0.25, 0.3) is 0 Å². The van der Waals surface area contributed by atoms with Crippen LogP contribution in [0.15, 0.2) is 0 Å². The molecule has 9 nitrogen and oxygen atoms in total. The maximum atomic E-state index is 12.9. The van der Waals surface area contributed by atoms with Crippen LogP contribution in [0.25, 0.3) is 0 Å². The van der Waals surface area contributed by atoms with Crippen molar-refractivity contribution in [3.8, 4) is 0 Å². The maximum absolute atomic E-state index is 12.9. The number of imidazole rings is 1. The number of carbonyl (C=O) groups excluding carboxylic acids is 3. The Balaban J connectivity index is 2.36. The van der Waals surface area contributed by atoms with Crippen molar-refractivity contribution in [2.45, 2.75) is 79.1 Å². The molecule has 1 aromatic heterocycles. The molecule has 1 aliphatic rings. The van der Waals surface area contributed by atoms with Gasteiger partial charge in [0.2, 0.25) is 0 Å². The molecule has 0 spiro atoms. The lowest BCUT2D eigenvalue weighted by Gasteiger charge is -2.30. The molecule has 0 aliphatic carbocycles.